The molecule has 1 fully saturated rings. The van der Waals surface area contributed by atoms with Crippen molar-refractivity contribution >= 4 is 28.7 Å². The van der Waals surface area contributed by atoms with Crippen molar-refractivity contribution < 1.29 is 13.6 Å². The maximum Gasteiger partial charge on any atom is 0.346 e. The molecule has 0 unspecified atom stereocenters. The van der Waals surface area contributed by atoms with Gasteiger partial charge in [0, 0.05) is 12.0 Å². The molecule has 4 aromatic rings. The first kappa shape index (κ1) is 25.5. The Bertz CT molecular complexity index is 1490. The highest BCUT2D eigenvalue weighted by Crippen LogP contribution is 2.45. The minimum absolute atomic E-state index is 0.0268. The predicted molar refractivity (Wildman–Crippen MR) is 141 cm³/mol. The first-order valence-electron chi connectivity index (χ1n) is 12.3. The number of ketones is 1. The van der Waals surface area contributed by atoms with Crippen LogP contribution in [0.25, 0.3) is 10.7 Å². The molecular formula is C28H26ClF2N3O2S. The second-order valence-corrected chi connectivity index (χ2v) is 11.3. The van der Waals surface area contributed by atoms with Gasteiger partial charge in [0.1, 0.15) is 18.2 Å². The van der Waals surface area contributed by atoms with Crippen molar-refractivity contribution in [2.45, 2.75) is 57.0 Å². The van der Waals surface area contributed by atoms with E-state index in [1.165, 1.54) is 28.0 Å². The molecule has 0 amide bonds. The topological polar surface area (TPSA) is 56.9 Å². The quantitative estimate of drug-likeness (QED) is 0.239. The summed E-state index contributed by atoms with van der Waals surface area (Å²) >= 11 is 7.36. The number of thiophene rings is 1. The number of hydrogen-bond donors (Lipinski definition) is 0. The third-order valence-corrected chi connectivity index (χ3v) is 8.44. The first-order chi connectivity index (χ1) is 17.9. The zero-order chi connectivity index (χ0) is 26.0. The monoisotopic (exact) mass is 541 g/mol. The minimum atomic E-state index is -0.499. The van der Waals surface area contributed by atoms with E-state index >= 15 is 0 Å². The molecule has 192 valence electrons. The molecule has 5 rings (SSSR count). The van der Waals surface area contributed by atoms with E-state index in [0.717, 1.165) is 30.4 Å². The molecule has 0 saturated heterocycles. The number of benzene rings is 2. The van der Waals surface area contributed by atoms with E-state index in [-0.39, 0.29) is 36.5 Å². The van der Waals surface area contributed by atoms with Crippen LogP contribution in [0, 0.1) is 11.6 Å². The number of carbonyl (C=O) groups excluding carboxylic acids is 1. The van der Waals surface area contributed by atoms with Crippen molar-refractivity contribution in [3.8, 4) is 10.7 Å². The Balaban J connectivity index is 1.39. The summed E-state index contributed by atoms with van der Waals surface area (Å²) in [6.45, 7) is -0.233. The summed E-state index contributed by atoms with van der Waals surface area (Å²) in [5.74, 6) is -0.491. The van der Waals surface area contributed by atoms with Crippen LogP contribution in [-0.2, 0) is 23.3 Å². The van der Waals surface area contributed by atoms with Crippen LogP contribution in [0.3, 0.4) is 0 Å². The number of rotatable bonds is 9. The number of carbonyl (C=O) groups is 1. The first-order valence-corrected chi connectivity index (χ1v) is 13.5. The molecule has 5 nitrogen and oxygen atoms in total. The number of Topliss-reactive ketones (excluding diaryl/α,β-unsaturated/α-hetero) is 1. The number of aromatic nitrogens is 3. The van der Waals surface area contributed by atoms with Gasteiger partial charge < -0.3 is 0 Å². The molecule has 37 heavy (non-hydrogen) atoms. The molecule has 1 aliphatic rings. The van der Waals surface area contributed by atoms with Crippen LogP contribution in [0.15, 0.2) is 65.5 Å². The Kier molecular flexibility index (Phi) is 7.40. The lowest BCUT2D eigenvalue weighted by atomic mass is 9.74. The van der Waals surface area contributed by atoms with Gasteiger partial charge in [-0.3, -0.25) is 9.36 Å². The van der Waals surface area contributed by atoms with E-state index in [2.05, 4.69) is 5.10 Å². The number of hydrogen-bond acceptors (Lipinski definition) is 4. The zero-order valence-electron chi connectivity index (χ0n) is 20.1. The molecule has 0 radical (unpaired) electrons. The molecule has 0 atom stereocenters. The lowest BCUT2D eigenvalue weighted by Gasteiger charge is -2.30. The highest BCUT2D eigenvalue weighted by atomic mass is 35.5. The average molecular weight is 542 g/mol. The van der Waals surface area contributed by atoms with Crippen LogP contribution in [0.5, 0.6) is 0 Å². The maximum atomic E-state index is 14.6. The summed E-state index contributed by atoms with van der Waals surface area (Å²) in [4.78, 5) is 27.0. The van der Waals surface area contributed by atoms with Gasteiger partial charge in [-0.05, 0) is 54.5 Å². The fourth-order valence-corrected chi connectivity index (χ4v) is 6.36. The molecule has 1 aliphatic carbocycles. The van der Waals surface area contributed by atoms with Gasteiger partial charge in [-0.1, -0.05) is 60.8 Å². The van der Waals surface area contributed by atoms with Crippen LogP contribution < -0.4 is 5.69 Å². The molecule has 0 spiro atoms. The molecule has 9 heteroatoms. The van der Waals surface area contributed by atoms with E-state index < -0.39 is 11.5 Å². The summed E-state index contributed by atoms with van der Waals surface area (Å²) in [7, 11) is 0. The third-order valence-electron chi connectivity index (χ3n) is 7.22. The van der Waals surface area contributed by atoms with Gasteiger partial charge in [-0.15, -0.1) is 16.4 Å². The molecule has 2 heterocycles. The van der Waals surface area contributed by atoms with E-state index in [1.807, 2.05) is 12.1 Å². The normalized spacial score (nSPS) is 14.8. The minimum Gasteiger partial charge on any atom is -0.298 e. The van der Waals surface area contributed by atoms with E-state index in [4.69, 9.17) is 11.6 Å². The van der Waals surface area contributed by atoms with Crippen LogP contribution >= 0.6 is 22.9 Å². The summed E-state index contributed by atoms with van der Waals surface area (Å²) in [6, 6.07) is 16.5. The fraction of sp³-hybridized carbons (Fsp3) is 0.321. The standard InChI is InChI=1S/C28H26ClF2N3O2S/c29-25-12-11-24(37-25)26-32-34(27(36)33(26)17-19-7-1-3-9-22(19)30)18-20(35)13-16-28(14-5-6-15-28)21-8-2-4-10-23(21)31/h1-4,7-12H,5-6,13-18H2. The van der Waals surface area contributed by atoms with Crippen molar-refractivity contribution in [2.75, 3.05) is 0 Å². The molecule has 2 aromatic carbocycles. The molecule has 0 aliphatic heterocycles. The summed E-state index contributed by atoms with van der Waals surface area (Å²) in [5.41, 5.74) is 0.145. The van der Waals surface area contributed by atoms with E-state index in [9.17, 15) is 18.4 Å². The highest BCUT2D eigenvalue weighted by molar-refractivity contribution is 7.19. The Morgan fingerprint density at radius 3 is 2.38 bits per heavy atom. The lowest BCUT2D eigenvalue weighted by Crippen LogP contribution is -2.30. The van der Waals surface area contributed by atoms with Crippen LogP contribution in [0.4, 0.5) is 8.78 Å². The number of halogens is 3. The Hall–Kier alpha value is -3.10. The van der Waals surface area contributed by atoms with Crippen molar-refractivity contribution in [2.24, 2.45) is 0 Å². The van der Waals surface area contributed by atoms with Gasteiger partial charge >= 0.3 is 5.69 Å². The molecule has 1 saturated carbocycles. The number of nitrogens with zero attached hydrogens (tertiary/aromatic N) is 3. The average Bonchev–Trinajstić information content (AvgIpc) is 3.61. The van der Waals surface area contributed by atoms with Gasteiger partial charge in [-0.2, -0.15) is 0 Å². The SMILES string of the molecule is O=C(CCC1(c2ccccc2F)CCCC1)Cn1nc(-c2ccc(Cl)s2)n(Cc2ccccc2F)c1=O. The highest BCUT2D eigenvalue weighted by Gasteiger charge is 2.37. The van der Waals surface area contributed by atoms with Crippen molar-refractivity contribution in [3.05, 3.63) is 98.2 Å². The third kappa shape index (κ3) is 5.31. The van der Waals surface area contributed by atoms with Crippen LogP contribution in [0.1, 0.15) is 49.7 Å². The fourth-order valence-electron chi connectivity index (χ4n) is 5.32. The predicted octanol–water partition coefficient (Wildman–Crippen LogP) is 6.61. The summed E-state index contributed by atoms with van der Waals surface area (Å²) < 4.78 is 32.1. The smallest absolute Gasteiger partial charge is 0.298 e. The molecule has 2 aromatic heterocycles. The second kappa shape index (κ2) is 10.7. The largest absolute Gasteiger partial charge is 0.346 e. The molecular weight excluding hydrogens is 516 g/mol. The molecule has 0 N–H and O–H groups in total. The van der Waals surface area contributed by atoms with E-state index in [1.54, 1.807) is 36.4 Å². The second-order valence-electron chi connectivity index (χ2n) is 9.55. The van der Waals surface area contributed by atoms with Gasteiger partial charge in [-0.25, -0.2) is 18.3 Å². The van der Waals surface area contributed by atoms with Crippen LogP contribution in [-0.4, -0.2) is 20.1 Å². The lowest BCUT2D eigenvalue weighted by molar-refractivity contribution is -0.120. The Labute approximate surface area is 222 Å². The zero-order valence-corrected chi connectivity index (χ0v) is 21.7. The van der Waals surface area contributed by atoms with E-state index in [0.29, 0.717) is 32.6 Å². The van der Waals surface area contributed by atoms with Gasteiger partial charge in [0.15, 0.2) is 11.6 Å². The van der Waals surface area contributed by atoms with Gasteiger partial charge in [0.25, 0.3) is 0 Å². The van der Waals surface area contributed by atoms with Gasteiger partial charge in [0.2, 0.25) is 0 Å². The Morgan fingerprint density at radius 1 is 1.00 bits per heavy atom. The molecule has 0 bridgehead atoms. The summed E-state index contributed by atoms with van der Waals surface area (Å²) in [6.07, 6.45) is 4.39. The Morgan fingerprint density at radius 2 is 1.70 bits per heavy atom. The maximum absolute atomic E-state index is 14.6. The van der Waals surface area contributed by atoms with Crippen molar-refractivity contribution in [1.29, 1.82) is 0 Å². The van der Waals surface area contributed by atoms with Crippen molar-refractivity contribution in [3.63, 3.8) is 0 Å². The van der Waals surface area contributed by atoms with Gasteiger partial charge in [0.05, 0.1) is 15.8 Å². The van der Waals surface area contributed by atoms with Crippen molar-refractivity contribution in [1.82, 2.24) is 14.3 Å². The summed E-state index contributed by atoms with van der Waals surface area (Å²) in [5, 5.41) is 4.44. The van der Waals surface area contributed by atoms with Crippen LogP contribution in [0.2, 0.25) is 4.34 Å².